The van der Waals surface area contributed by atoms with Gasteiger partial charge in [-0.3, -0.25) is 4.79 Å². The van der Waals surface area contributed by atoms with Crippen LogP contribution in [0.1, 0.15) is 18.1 Å². The minimum Gasteiger partial charge on any atom is -0.497 e. The predicted octanol–water partition coefficient (Wildman–Crippen LogP) is 4.85. The molecule has 0 saturated heterocycles. The molecule has 0 saturated carbocycles. The molecule has 0 spiro atoms. The van der Waals surface area contributed by atoms with Crippen LogP contribution in [-0.2, 0) is 11.2 Å². The Morgan fingerprint density at radius 3 is 2.64 bits per heavy atom. The molecule has 0 aliphatic carbocycles. The number of thioether (sulfide) groups is 1. The summed E-state index contributed by atoms with van der Waals surface area (Å²) >= 11 is 1.43. The summed E-state index contributed by atoms with van der Waals surface area (Å²) in [7, 11) is 3.15. The molecule has 28 heavy (non-hydrogen) atoms. The fourth-order valence-electron chi connectivity index (χ4n) is 2.91. The Morgan fingerprint density at radius 1 is 1.11 bits per heavy atom. The number of rotatable bonds is 7. The number of carbonyl (C=O) groups is 1. The number of hydrogen-bond acceptors (Lipinski definition) is 5. The van der Waals surface area contributed by atoms with Crippen molar-refractivity contribution in [1.29, 1.82) is 0 Å². The maximum absolute atomic E-state index is 12.5. The summed E-state index contributed by atoms with van der Waals surface area (Å²) in [4.78, 5) is 17.2. The Balaban J connectivity index is 1.72. The average Bonchev–Trinajstić information content (AvgIpc) is 2.71. The first kappa shape index (κ1) is 20.0. The van der Waals surface area contributed by atoms with E-state index in [0.717, 1.165) is 27.9 Å². The molecule has 146 valence electrons. The summed E-state index contributed by atoms with van der Waals surface area (Å²) in [5.41, 5.74) is 3.89. The summed E-state index contributed by atoms with van der Waals surface area (Å²) < 4.78 is 10.5. The third kappa shape index (κ3) is 4.57. The quantitative estimate of drug-likeness (QED) is 0.578. The van der Waals surface area contributed by atoms with Crippen LogP contribution in [-0.4, -0.2) is 30.9 Å². The lowest BCUT2D eigenvalue weighted by atomic mass is 10.1. The van der Waals surface area contributed by atoms with Crippen LogP contribution in [0.2, 0.25) is 0 Å². The summed E-state index contributed by atoms with van der Waals surface area (Å²) in [6.45, 7) is 4.16. The van der Waals surface area contributed by atoms with Crippen LogP contribution in [0.25, 0.3) is 10.9 Å². The van der Waals surface area contributed by atoms with E-state index in [0.29, 0.717) is 17.2 Å². The molecule has 1 heterocycles. The zero-order valence-electron chi connectivity index (χ0n) is 16.5. The molecule has 1 aromatic heterocycles. The van der Waals surface area contributed by atoms with Gasteiger partial charge in [-0.1, -0.05) is 24.8 Å². The fourth-order valence-corrected chi connectivity index (χ4v) is 3.70. The normalized spacial score (nSPS) is 10.7. The molecule has 2 aromatic carbocycles. The molecule has 0 aliphatic rings. The molecule has 5 nitrogen and oxygen atoms in total. The number of aromatic nitrogens is 1. The number of hydrogen-bond donors (Lipinski definition) is 1. The van der Waals surface area contributed by atoms with Crippen LogP contribution >= 0.6 is 11.8 Å². The summed E-state index contributed by atoms with van der Waals surface area (Å²) in [5.74, 6) is 1.37. The van der Waals surface area contributed by atoms with Gasteiger partial charge in [0.15, 0.2) is 0 Å². The standard InChI is InChI=1S/C22H24N2O3S/c1-5-15-6-8-18-16(11-15)10-14(2)22(24-18)28-13-21(25)23-19-12-17(26-3)7-9-20(19)27-4/h6-12H,5,13H2,1-4H3,(H,23,25). The van der Waals surface area contributed by atoms with Gasteiger partial charge >= 0.3 is 0 Å². The summed E-state index contributed by atoms with van der Waals surface area (Å²) in [6.07, 6.45) is 0.999. The maximum Gasteiger partial charge on any atom is 0.234 e. The highest BCUT2D eigenvalue weighted by molar-refractivity contribution is 8.00. The van der Waals surface area contributed by atoms with Crippen molar-refractivity contribution in [3.05, 3.63) is 53.6 Å². The zero-order chi connectivity index (χ0) is 20.1. The Kier molecular flexibility index (Phi) is 6.41. The molecule has 0 radical (unpaired) electrons. The van der Waals surface area contributed by atoms with Crippen LogP contribution in [0.3, 0.4) is 0 Å². The van der Waals surface area contributed by atoms with E-state index in [1.54, 1.807) is 32.4 Å². The van der Waals surface area contributed by atoms with E-state index < -0.39 is 0 Å². The fraction of sp³-hybridized carbons (Fsp3) is 0.273. The van der Waals surface area contributed by atoms with Crippen molar-refractivity contribution in [2.24, 2.45) is 0 Å². The number of ether oxygens (including phenoxy) is 2. The van der Waals surface area contributed by atoms with Crippen LogP contribution in [0.4, 0.5) is 5.69 Å². The van der Waals surface area contributed by atoms with Gasteiger partial charge in [0, 0.05) is 11.5 Å². The van der Waals surface area contributed by atoms with Gasteiger partial charge in [-0.15, -0.1) is 0 Å². The Labute approximate surface area is 169 Å². The minimum absolute atomic E-state index is 0.126. The predicted molar refractivity (Wildman–Crippen MR) is 115 cm³/mol. The second-order valence-electron chi connectivity index (χ2n) is 6.39. The number of nitrogens with one attached hydrogen (secondary N) is 1. The van der Waals surface area contributed by atoms with Crippen molar-refractivity contribution >= 4 is 34.3 Å². The second-order valence-corrected chi connectivity index (χ2v) is 7.36. The van der Waals surface area contributed by atoms with E-state index >= 15 is 0 Å². The Bertz CT molecular complexity index is 1000. The topological polar surface area (TPSA) is 60.5 Å². The summed E-state index contributed by atoms with van der Waals surface area (Å²) in [6, 6.07) is 13.7. The first-order valence-corrected chi connectivity index (χ1v) is 10.1. The second kappa shape index (κ2) is 8.97. The highest BCUT2D eigenvalue weighted by Gasteiger charge is 2.12. The van der Waals surface area contributed by atoms with E-state index in [1.165, 1.54) is 17.3 Å². The molecule has 3 rings (SSSR count). The van der Waals surface area contributed by atoms with E-state index in [2.05, 4.69) is 30.4 Å². The number of amides is 1. The first-order valence-electron chi connectivity index (χ1n) is 9.09. The van der Waals surface area contributed by atoms with E-state index in [-0.39, 0.29) is 11.7 Å². The van der Waals surface area contributed by atoms with Gasteiger partial charge in [-0.2, -0.15) is 0 Å². The van der Waals surface area contributed by atoms with E-state index in [9.17, 15) is 4.79 Å². The highest BCUT2D eigenvalue weighted by Crippen LogP contribution is 2.30. The van der Waals surface area contributed by atoms with Crippen molar-refractivity contribution < 1.29 is 14.3 Å². The molecular formula is C22H24N2O3S. The largest absolute Gasteiger partial charge is 0.497 e. The molecule has 1 N–H and O–H groups in total. The van der Waals surface area contributed by atoms with Gasteiger partial charge in [-0.25, -0.2) is 4.98 Å². The van der Waals surface area contributed by atoms with Crippen molar-refractivity contribution in [2.45, 2.75) is 25.3 Å². The molecule has 0 bridgehead atoms. The minimum atomic E-state index is -0.126. The number of methoxy groups -OCH3 is 2. The zero-order valence-corrected chi connectivity index (χ0v) is 17.4. The van der Waals surface area contributed by atoms with Crippen molar-refractivity contribution in [2.75, 3.05) is 25.3 Å². The van der Waals surface area contributed by atoms with Crippen LogP contribution in [0, 0.1) is 6.92 Å². The SMILES string of the molecule is CCc1ccc2nc(SCC(=O)Nc3cc(OC)ccc3OC)c(C)cc2c1. The maximum atomic E-state index is 12.5. The van der Waals surface area contributed by atoms with Crippen molar-refractivity contribution in [3.63, 3.8) is 0 Å². The van der Waals surface area contributed by atoms with Crippen LogP contribution in [0.15, 0.2) is 47.5 Å². The van der Waals surface area contributed by atoms with Crippen molar-refractivity contribution in [1.82, 2.24) is 4.98 Å². The molecule has 0 atom stereocenters. The number of pyridine rings is 1. The molecule has 0 aliphatic heterocycles. The number of carbonyl (C=O) groups excluding carboxylic acids is 1. The van der Waals surface area contributed by atoms with Gasteiger partial charge in [0.1, 0.15) is 16.5 Å². The molecular weight excluding hydrogens is 372 g/mol. The Morgan fingerprint density at radius 2 is 1.93 bits per heavy atom. The van der Waals surface area contributed by atoms with E-state index in [1.807, 2.05) is 13.0 Å². The number of aryl methyl sites for hydroxylation is 2. The number of nitrogens with zero attached hydrogens (tertiary/aromatic N) is 1. The lowest BCUT2D eigenvalue weighted by Crippen LogP contribution is -2.15. The molecule has 3 aromatic rings. The lowest BCUT2D eigenvalue weighted by Gasteiger charge is -2.12. The molecule has 0 fully saturated rings. The number of fused-ring (bicyclic) bond motifs is 1. The first-order chi connectivity index (χ1) is 13.5. The number of anilines is 1. The lowest BCUT2D eigenvalue weighted by molar-refractivity contribution is -0.113. The van der Waals surface area contributed by atoms with Gasteiger partial charge in [-0.05, 0) is 54.8 Å². The third-order valence-corrected chi connectivity index (χ3v) is 5.55. The number of benzene rings is 2. The smallest absolute Gasteiger partial charge is 0.234 e. The van der Waals surface area contributed by atoms with Gasteiger partial charge in [0.2, 0.25) is 5.91 Å². The van der Waals surface area contributed by atoms with Crippen LogP contribution in [0.5, 0.6) is 11.5 Å². The van der Waals surface area contributed by atoms with Gasteiger partial charge in [0.25, 0.3) is 0 Å². The van der Waals surface area contributed by atoms with Crippen LogP contribution < -0.4 is 14.8 Å². The Hall–Kier alpha value is -2.73. The van der Waals surface area contributed by atoms with Crippen molar-refractivity contribution in [3.8, 4) is 11.5 Å². The van der Waals surface area contributed by atoms with Gasteiger partial charge < -0.3 is 14.8 Å². The molecule has 0 unspecified atom stereocenters. The molecule has 6 heteroatoms. The van der Waals surface area contributed by atoms with E-state index in [4.69, 9.17) is 14.5 Å². The average molecular weight is 397 g/mol. The summed E-state index contributed by atoms with van der Waals surface area (Å²) in [5, 5.41) is 4.88. The third-order valence-electron chi connectivity index (χ3n) is 4.45. The molecule has 1 amide bonds. The highest BCUT2D eigenvalue weighted by atomic mass is 32.2. The van der Waals surface area contributed by atoms with Gasteiger partial charge in [0.05, 0.1) is 31.2 Å². The monoisotopic (exact) mass is 396 g/mol.